The third-order valence-electron chi connectivity index (χ3n) is 8.42. The molecule has 0 aromatic carbocycles. The van der Waals surface area contributed by atoms with E-state index in [1.807, 2.05) is 62.3 Å². The molecular formula is C44H100O10Si4. The lowest BCUT2D eigenvalue weighted by atomic mass is 10.2. The normalized spacial score (nSPS) is 18.7. The lowest BCUT2D eigenvalue weighted by molar-refractivity contribution is -0.0756. The van der Waals surface area contributed by atoms with Crippen LogP contribution in [-0.4, -0.2) is 93.3 Å². The van der Waals surface area contributed by atoms with E-state index in [0.29, 0.717) is 11.3 Å². The largest absolute Gasteiger partial charge is 0.504 e. The standard InChI is InChI=1S/2C22H50O5Si2/c1-18(2,3)23-28(16,24-19(4,5)6)17-29(25-20(7,8)9,26-21(10,11)12)27-22(13,14)15;1-12-18(6)23-28(11,24-19(7)13-2)17-29(25-20(8)14-3,26-21(9)15-4)27-22(10)16-5/h17H2,1-16H3;18-22H,12-17H2,1-11H3. The summed E-state index contributed by atoms with van der Waals surface area (Å²) in [7, 11) is -11.6. The van der Waals surface area contributed by atoms with Gasteiger partial charge in [-0.1, -0.05) is 34.6 Å². The molecule has 0 amide bonds. The molecule has 5 atom stereocenters. The molecule has 14 heteroatoms. The summed E-state index contributed by atoms with van der Waals surface area (Å²) >= 11 is 0. The molecular weight excluding hydrogens is 801 g/mol. The Morgan fingerprint density at radius 1 is 0.310 bits per heavy atom. The summed E-state index contributed by atoms with van der Waals surface area (Å²) in [5, 5.41) is 0. The predicted octanol–water partition coefficient (Wildman–Crippen LogP) is 13.2. The van der Waals surface area contributed by atoms with Crippen LogP contribution >= 0.6 is 0 Å². The van der Waals surface area contributed by atoms with Gasteiger partial charge in [0.15, 0.2) is 0 Å². The first-order valence-corrected chi connectivity index (χ1v) is 31.5. The zero-order valence-corrected chi connectivity index (χ0v) is 47.4. The van der Waals surface area contributed by atoms with Gasteiger partial charge in [0, 0.05) is 30.5 Å². The zero-order chi connectivity index (χ0) is 46.4. The maximum absolute atomic E-state index is 6.67. The average molecular weight is 902 g/mol. The van der Waals surface area contributed by atoms with Crippen LogP contribution in [0.4, 0.5) is 0 Å². The molecule has 0 bridgehead atoms. The SMILES string of the molecule is CC(C)(C)O[Si](C)(C[Si](OC(C)(C)C)(OC(C)(C)C)OC(C)(C)C)OC(C)(C)C.CCC(C)O[Si](C)(C[Si](OC(C)CC)(OC(C)CC)OC(C)CC)OC(C)CC. The summed E-state index contributed by atoms with van der Waals surface area (Å²) in [6.07, 6.45) is 5.13. The Bertz CT molecular complexity index is 1010. The van der Waals surface area contributed by atoms with E-state index < -0.39 is 51.5 Å². The Labute approximate surface area is 365 Å². The molecule has 0 spiro atoms. The minimum Gasteiger partial charge on any atom is -0.392 e. The van der Waals surface area contributed by atoms with Crippen molar-refractivity contribution in [1.82, 2.24) is 0 Å². The lowest BCUT2D eigenvalue weighted by Crippen LogP contribution is -2.63. The number of hydrogen-bond donors (Lipinski definition) is 0. The Kier molecular flexibility index (Phi) is 25.6. The van der Waals surface area contributed by atoms with E-state index in [-0.39, 0.29) is 41.7 Å². The van der Waals surface area contributed by atoms with Crippen LogP contribution in [0.1, 0.15) is 205 Å². The van der Waals surface area contributed by atoms with E-state index in [2.05, 4.69) is 124 Å². The van der Waals surface area contributed by atoms with Crippen LogP contribution in [0.2, 0.25) is 24.4 Å². The Hall–Kier alpha value is 0.468. The van der Waals surface area contributed by atoms with Crippen molar-refractivity contribution in [3.63, 3.8) is 0 Å². The predicted molar refractivity (Wildman–Crippen MR) is 253 cm³/mol. The van der Waals surface area contributed by atoms with Gasteiger partial charge in [-0.15, -0.1) is 0 Å². The summed E-state index contributed by atoms with van der Waals surface area (Å²) in [6, 6.07) is 0. The average Bonchev–Trinajstić information content (AvgIpc) is 2.95. The molecule has 0 saturated carbocycles. The van der Waals surface area contributed by atoms with Crippen molar-refractivity contribution >= 4 is 34.7 Å². The quantitative estimate of drug-likeness (QED) is 0.0872. The van der Waals surface area contributed by atoms with Gasteiger partial charge in [0.2, 0.25) is 0 Å². The molecule has 58 heavy (non-hydrogen) atoms. The van der Waals surface area contributed by atoms with Crippen LogP contribution in [0.5, 0.6) is 0 Å². The fourth-order valence-corrected chi connectivity index (χ4v) is 25.8. The number of rotatable bonds is 24. The molecule has 352 valence electrons. The zero-order valence-electron chi connectivity index (χ0n) is 43.4. The van der Waals surface area contributed by atoms with Gasteiger partial charge in [0.1, 0.15) is 0 Å². The second-order valence-electron chi connectivity index (χ2n) is 21.7. The minimum absolute atomic E-state index is 0.0697. The van der Waals surface area contributed by atoms with Gasteiger partial charge in [-0.2, -0.15) is 0 Å². The molecule has 0 aliphatic rings. The summed E-state index contributed by atoms with van der Waals surface area (Å²) < 4.78 is 66.3. The van der Waals surface area contributed by atoms with Crippen LogP contribution in [0.3, 0.4) is 0 Å². The highest BCUT2D eigenvalue weighted by Gasteiger charge is 2.59. The van der Waals surface area contributed by atoms with Crippen molar-refractivity contribution in [1.29, 1.82) is 0 Å². The van der Waals surface area contributed by atoms with Crippen LogP contribution in [-0.2, 0) is 44.3 Å². The van der Waals surface area contributed by atoms with E-state index in [1.165, 1.54) is 0 Å². The maximum Gasteiger partial charge on any atom is 0.504 e. The Balaban J connectivity index is 0. The molecule has 0 heterocycles. The van der Waals surface area contributed by atoms with Crippen LogP contribution < -0.4 is 0 Å². The Morgan fingerprint density at radius 2 is 0.517 bits per heavy atom. The number of hydrogen-bond acceptors (Lipinski definition) is 10. The third-order valence-corrected chi connectivity index (χ3v) is 26.0. The highest BCUT2D eigenvalue weighted by Crippen LogP contribution is 2.38. The van der Waals surface area contributed by atoms with Gasteiger partial charge in [-0.25, -0.2) is 0 Å². The molecule has 0 aliphatic carbocycles. The van der Waals surface area contributed by atoms with E-state index in [1.54, 1.807) is 0 Å². The van der Waals surface area contributed by atoms with Gasteiger partial charge >= 0.3 is 34.7 Å². The second-order valence-corrected chi connectivity index (χ2v) is 34.0. The van der Waals surface area contributed by atoms with Gasteiger partial charge in [0.05, 0.1) is 39.3 Å². The molecule has 0 radical (unpaired) electrons. The molecule has 5 unspecified atom stereocenters. The Morgan fingerprint density at radius 3 is 0.724 bits per heavy atom. The van der Waals surface area contributed by atoms with Crippen LogP contribution in [0.25, 0.3) is 0 Å². The van der Waals surface area contributed by atoms with Crippen molar-refractivity contribution in [3.05, 3.63) is 0 Å². The highest BCUT2D eigenvalue weighted by molar-refractivity contribution is 6.83. The van der Waals surface area contributed by atoms with Crippen molar-refractivity contribution in [2.75, 3.05) is 0 Å². The van der Waals surface area contributed by atoms with E-state index >= 15 is 0 Å². The van der Waals surface area contributed by atoms with E-state index in [9.17, 15) is 0 Å². The summed E-state index contributed by atoms with van der Waals surface area (Å²) in [4.78, 5) is 0. The minimum atomic E-state index is -3.23. The summed E-state index contributed by atoms with van der Waals surface area (Å²) in [5.74, 6) is 0. The molecule has 0 aromatic rings. The van der Waals surface area contributed by atoms with Gasteiger partial charge in [-0.3, -0.25) is 0 Å². The highest BCUT2D eigenvalue weighted by atomic mass is 28.4. The van der Waals surface area contributed by atoms with Crippen LogP contribution in [0.15, 0.2) is 0 Å². The summed E-state index contributed by atoms with van der Waals surface area (Å²) in [6.45, 7) is 56.3. The molecule has 0 N–H and O–H groups in total. The molecule has 0 aromatic heterocycles. The molecule has 0 saturated heterocycles. The van der Waals surface area contributed by atoms with Crippen molar-refractivity contribution in [2.24, 2.45) is 0 Å². The first kappa shape index (κ1) is 60.6. The van der Waals surface area contributed by atoms with E-state index in [0.717, 1.165) is 32.1 Å². The first-order valence-electron chi connectivity index (χ1n) is 22.6. The summed E-state index contributed by atoms with van der Waals surface area (Å²) in [5.41, 5.74) is -0.854. The van der Waals surface area contributed by atoms with Gasteiger partial charge in [-0.05, 0) is 184 Å². The third kappa shape index (κ3) is 28.9. The molecule has 0 aliphatic heterocycles. The molecule has 0 fully saturated rings. The fraction of sp³-hybridized carbons (Fsp3) is 1.00. The lowest BCUT2D eigenvalue weighted by Gasteiger charge is -2.47. The monoisotopic (exact) mass is 901 g/mol. The van der Waals surface area contributed by atoms with E-state index in [4.69, 9.17) is 44.3 Å². The second kappa shape index (κ2) is 24.5. The smallest absolute Gasteiger partial charge is 0.392 e. The van der Waals surface area contributed by atoms with Crippen molar-refractivity contribution in [2.45, 2.75) is 288 Å². The molecule has 0 rings (SSSR count). The van der Waals surface area contributed by atoms with Crippen molar-refractivity contribution < 1.29 is 44.3 Å². The topological polar surface area (TPSA) is 92.3 Å². The maximum atomic E-state index is 6.67. The van der Waals surface area contributed by atoms with Crippen molar-refractivity contribution in [3.8, 4) is 0 Å². The molecule has 10 nitrogen and oxygen atoms in total. The van der Waals surface area contributed by atoms with Crippen LogP contribution in [0, 0.1) is 0 Å². The first-order chi connectivity index (χ1) is 25.7. The fourth-order valence-electron chi connectivity index (χ4n) is 6.25. The van der Waals surface area contributed by atoms with Gasteiger partial charge < -0.3 is 44.3 Å². The van der Waals surface area contributed by atoms with Gasteiger partial charge in [0.25, 0.3) is 0 Å².